The first kappa shape index (κ1) is 15.7. The minimum absolute atomic E-state index is 0.0836. The lowest BCUT2D eigenvalue weighted by Gasteiger charge is -2.11. The molecular weight excluding hydrogens is 358 g/mol. The molecule has 118 valence electrons. The number of anilines is 1. The van der Waals surface area contributed by atoms with E-state index in [0.717, 1.165) is 21.3 Å². The molecule has 0 atom stereocenters. The van der Waals surface area contributed by atoms with Gasteiger partial charge in [0.25, 0.3) is 5.91 Å². The number of halogens is 1. The van der Waals surface area contributed by atoms with Gasteiger partial charge in [-0.2, -0.15) is 0 Å². The number of carbonyl (C=O) groups is 2. The standard InChI is InChI=1S/C18H16BrNO3/c1-11-9-12(5-7-15(11)19)20-18(22)10-23-17-4-2-3-13-14(17)6-8-16(13)21/h2-5,7,9H,6,8,10H2,1H3,(H,20,22). The Morgan fingerprint density at radius 3 is 2.87 bits per heavy atom. The van der Waals surface area contributed by atoms with E-state index in [2.05, 4.69) is 21.2 Å². The average Bonchev–Trinajstić information content (AvgIpc) is 2.91. The van der Waals surface area contributed by atoms with Crippen molar-refractivity contribution in [1.29, 1.82) is 0 Å². The number of Topliss-reactive ketones (excluding diaryl/α,β-unsaturated/α-hetero) is 1. The van der Waals surface area contributed by atoms with E-state index >= 15 is 0 Å². The second-order valence-corrected chi connectivity index (χ2v) is 6.36. The number of hydrogen-bond acceptors (Lipinski definition) is 3. The molecule has 0 saturated carbocycles. The van der Waals surface area contributed by atoms with Crippen molar-refractivity contribution in [3.05, 3.63) is 57.6 Å². The van der Waals surface area contributed by atoms with Crippen molar-refractivity contribution in [3.8, 4) is 5.75 Å². The smallest absolute Gasteiger partial charge is 0.262 e. The Morgan fingerprint density at radius 1 is 1.26 bits per heavy atom. The normalized spacial score (nSPS) is 12.9. The highest BCUT2D eigenvalue weighted by Crippen LogP contribution is 2.30. The molecule has 1 amide bonds. The maximum absolute atomic E-state index is 12.0. The Labute approximate surface area is 143 Å². The van der Waals surface area contributed by atoms with Crippen molar-refractivity contribution in [3.63, 3.8) is 0 Å². The molecule has 1 aliphatic carbocycles. The van der Waals surface area contributed by atoms with Gasteiger partial charge in [0, 0.05) is 27.7 Å². The predicted octanol–water partition coefficient (Wildman–Crippen LogP) is 3.90. The second kappa shape index (κ2) is 6.54. The molecule has 0 bridgehead atoms. The van der Waals surface area contributed by atoms with Crippen molar-refractivity contribution in [2.24, 2.45) is 0 Å². The number of ketones is 1. The van der Waals surface area contributed by atoms with Gasteiger partial charge in [-0.3, -0.25) is 9.59 Å². The van der Waals surface area contributed by atoms with Crippen LogP contribution in [0.3, 0.4) is 0 Å². The SMILES string of the molecule is Cc1cc(NC(=O)COc2cccc3c2CCC3=O)ccc1Br. The molecule has 3 rings (SSSR count). The number of ether oxygens (including phenoxy) is 1. The summed E-state index contributed by atoms with van der Waals surface area (Å²) in [5, 5.41) is 2.81. The van der Waals surface area contributed by atoms with Gasteiger partial charge in [0.2, 0.25) is 0 Å². The third-order valence-corrected chi connectivity index (χ3v) is 4.73. The van der Waals surface area contributed by atoms with Crippen LogP contribution >= 0.6 is 15.9 Å². The Balaban J connectivity index is 1.64. The summed E-state index contributed by atoms with van der Waals surface area (Å²) in [6, 6.07) is 11.0. The van der Waals surface area contributed by atoms with Crippen molar-refractivity contribution < 1.29 is 14.3 Å². The first-order valence-electron chi connectivity index (χ1n) is 7.38. The fourth-order valence-electron chi connectivity index (χ4n) is 2.66. The summed E-state index contributed by atoms with van der Waals surface area (Å²) in [6.45, 7) is 1.88. The lowest BCUT2D eigenvalue weighted by molar-refractivity contribution is -0.118. The van der Waals surface area contributed by atoms with E-state index in [0.29, 0.717) is 24.2 Å². The van der Waals surface area contributed by atoms with E-state index in [4.69, 9.17) is 4.74 Å². The topological polar surface area (TPSA) is 55.4 Å². The Hall–Kier alpha value is -2.14. The minimum atomic E-state index is -0.228. The number of benzene rings is 2. The van der Waals surface area contributed by atoms with E-state index in [-0.39, 0.29) is 18.3 Å². The highest BCUT2D eigenvalue weighted by molar-refractivity contribution is 9.10. The van der Waals surface area contributed by atoms with E-state index in [9.17, 15) is 9.59 Å². The summed E-state index contributed by atoms with van der Waals surface area (Å²) < 4.78 is 6.61. The molecule has 5 heteroatoms. The van der Waals surface area contributed by atoms with Gasteiger partial charge < -0.3 is 10.1 Å². The minimum Gasteiger partial charge on any atom is -0.483 e. The lowest BCUT2D eigenvalue weighted by atomic mass is 10.1. The highest BCUT2D eigenvalue weighted by atomic mass is 79.9. The molecule has 4 nitrogen and oxygen atoms in total. The van der Waals surface area contributed by atoms with Crippen molar-refractivity contribution in [1.82, 2.24) is 0 Å². The van der Waals surface area contributed by atoms with Crippen LogP contribution in [-0.4, -0.2) is 18.3 Å². The van der Waals surface area contributed by atoms with Crippen LogP contribution in [0.4, 0.5) is 5.69 Å². The molecule has 1 N–H and O–H groups in total. The molecule has 0 heterocycles. The van der Waals surface area contributed by atoms with Crippen LogP contribution in [-0.2, 0) is 11.2 Å². The van der Waals surface area contributed by atoms with Crippen LogP contribution < -0.4 is 10.1 Å². The summed E-state index contributed by atoms with van der Waals surface area (Å²) in [7, 11) is 0. The predicted molar refractivity (Wildman–Crippen MR) is 92.1 cm³/mol. The van der Waals surface area contributed by atoms with Crippen LogP contribution in [0, 0.1) is 6.92 Å². The van der Waals surface area contributed by atoms with E-state index in [1.54, 1.807) is 12.1 Å². The zero-order chi connectivity index (χ0) is 16.4. The molecule has 0 aromatic heterocycles. The van der Waals surface area contributed by atoms with Gasteiger partial charge in [0.1, 0.15) is 5.75 Å². The van der Waals surface area contributed by atoms with Gasteiger partial charge in [-0.1, -0.05) is 28.1 Å². The number of carbonyl (C=O) groups excluding carboxylic acids is 2. The first-order chi connectivity index (χ1) is 11.0. The number of hydrogen-bond donors (Lipinski definition) is 1. The third-order valence-electron chi connectivity index (χ3n) is 3.84. The third kappa shape index (κ3) is 3.45. The van der Waals surface area contributed by atoms with E-state index in [1.807, 2.05) is 31.2 Å². The Kier molecular flexibility index (Phi) is 4.48. The summed E-state index contributed by atoms with van der Waals surface area (Å²) in [5.74, 6) is 0.532. The van der Waals surface area contributed by atoms with Crippen LogP contribution in [0.5, 0.6) is 5.75 Å². The molecule has 0 fully saturated rings. The van der Waals surface area contributed by atoms with E-state index in [1.165, 1.54) is 0 Å². The summed E-state index contributed by atoms with van der Waals surface area (Å²) in [4.78, 5) is 23.7. The van der Waals surface area contributed by atoms with Gasteiger partial charge in [0.15, 0.2) is 12.4 Å². The van der Waals surface area contributed by atoms with Gasteiger partial charge in [-0.15, -0.1) is 0 Å². The maximum atomic E-state index is 12.0. The summed E-state index contributed by atoms with van der Waals surface area (Å²) >= 11 is 3.43. The largest absolute Gasteiger partial charge is 0.483 e. The monoisotopic (exact) mass is 373 g/mol. The molecule has 0 radical (unpaired) electrons. The van der Waals surface area contributed by atoms with Crippen LogP contribution in [0.25, 0.3) is 0 Å². The van der Waals surface area contributed by atoms with E-state index < -0.39 is 0 Å². The zero-order valence-electron chi connectivity index (χ0n) is 12.7. The molecule has 1 aliphatic rings. The van der Waals surface area contributed by atoms with Gasteiger partial charge in [0.05, 0.1) is 0 Å². The number of amides is 1. The lowest BCUT2D eigenvalue weighted by Crippen LogP contribution is -2.20. The molecule has 23 heavy (non-hydrogen) atoms. The quantitative estimate of drug-likeness (QED) is 0.883. The van der Waals surface area contributed by atoms with Crippen molar-refractivity contribution in [2.45, 2.75) is 19.8 Å². The number of aryl methyl sites for hydroxylation is 1. The number of rotatable bonds is 4. The van der Waals surface area contributed by atoms with Gasteiger partial charge >= 0.3 is 0 Å². The van der Waals surface area contributed by atoms with Crippen molar-refractivity contribution in [2.75, 3.05) is 11.9 Å². The number of nitrogens with one attached hydrogen (secondary N) is 1. The second-order valence-electron chi connectivity index (χ2n) is 5.51. The molecule has 2 aromatic rings. The van der Waals surface area contributed by atoms with Gasteiger partial charge in [-0.05, 0) is 43.2 Å². The van der Waals surface area contributed by atoms with Crippen LogP contribution in [0.15, 0.2) is 40.9 Å². The van der Waals surface area contributed by atoms with Gasteiger partial charge in [-0.25, -0.2) is 0 Å². The molecule has 0 unspecified atom stereocenters. The van der Waals surface area contributed by atoms with Crippen LogP contribution in [0.1, 0.15) is 27.9 Å². The highest BCUT2D eigenvalue weighted by Gasteiger charge is 2.22. The molecule has 0 saturated heterocycles. The molecule has 0 spiro atoms. The fraction of sp³-hybridized carbons (Fsp3) is 0.222. The van der Waals surface area contributed by atoms with Crippen molar-refractivity contribution >= 4 is 33.3 Å². The molecule has 0 aliphatic heterocycles. The Morgan fingerprint density at radius 2 is 2.09 bits per heavy atom. The number of fused-ring (bicyclic) bond motifs is 1. The van der Waals surface area contributed by atoms with Crippen LogP contribution in [0.2, 0.25) is 0 Å². The first-order valence-corrected chi connectivity index (χ1v) is 8.18. The summed E-state index contributed by atoms with van der Waals surface area (Å²) in [6.07, 6.45) is 1.19. The maximum Gasteiger partial charge on any atom is 0.262 e. The average molecular weight is 374 g/mol. The molecule has 2 aromatic carbocycles. The summed E-state index contributed by atoms with van der Waals surface area (Å²) in [5.41, 5.74) is 3.40. The zero-order valence-corrected chi connectivity index (χ0v) is 14.3. The fourth-order valence-corrected chi connectivity index (χ4v) is 2.90. The Bertz CT molecular complexity index is 786. The molecular formula is C18H16BrNO3.